The Morgan fingerprint density at radius 1 is 1.39 bits per heavy atom. The van der Waals surface area contributed by atoms with E-state index in [9.17, 15) is 14.4 Å². The van der Waals surface area contributed by atoms with Crippen molar-refractivity contribution in [3.8, 4) is 0 Å². The third kappa shape index (κ3) is 4.21. The Hall–Kier alpha value is -1.83. The highest BCUT2D eigenvalue weighted by molar-refractivity contribution is 9.10. The molecule has 0 spiro atoms. The first-order valence-electron chi connectivity index (χ1n) is 4.99. The van der Waals surface area contributed by atoms with Gasteiger partial charge in [-0.05, 0) is 28.4 Å². The van der Waals surface area contributed by atoms with E-state index in [2.05, 4.69) is 26.2 Å². The third-order valence-corrected chi connectivity index (χ3v) is 2.60. The zero-order valence-electron chi connectivity index (χ0n) is 9.14. The molecule has 1 atom stereocenters. The molecule has 0 fully saturated rings. The SMILES string of the molecule is O=C(O)CCC(NC(=O)c1cc(Br)c[nH]1)C(=O)O. The highest BCUT2D eigenvalue weighted by Crippen LogP contribution is 2.11. The van der Waals surface area contributed by atoms with E-state index in [0.717, 1.165) is 0 Å². The van der Waals surface area contributed by atoms with Gasteiger partial charge in [0.2, 0.25) is 0 Å². The summed E-state index contributed by atoms with van der Waals surface area (Å²) in [6, 6.07) is 0.265. The number of carboxylic acid groups (broad SMARTS) is 2. The molecule has 7 nitrogen and oxygen atoms in total. The van der Waals surface area contributed by atoms with Crippen molar-refractivity contribution in [1.82, 2.24) is 10.3 Å². The second-order valence-electron chi connectivity index (χ2n) is 3.53. The molecule has 0 saturated carbocycles. The number of carbonyl (C=O) groups excluding carboxylic acids is 1. The molecule has 1 aromatic heterocycles. The van der Waals surface area contributed by atoms with Crippen LogP contribution in [-0.2, 0) is 9.59 Å². The van der Waals surface area contributed by atoms with Crippen molar-refractivity contribution in [2.24, 2.45) is 0 Å². The maximum absolute atomic E-state index is 11.6. The Morgan fingerprint density at radius 2 is 2.06 bits per heavy atom. The molecule has 8 heteroatoms. The monoisotopic (exact) mass is 318 g/mol. The zero-order valence-corrected chi connectivity index (χ0v) is 10.7. The molecular weight excluding hydrogens is 308 g/mol. The summed E-state index contributed by atoms with van der Waals surface area (Å²) in [5.41, 5.74) is 0.198. The molecule has 98 valence electrons. The van der Waals surface area contributed by atoms with E-state index in [1.165, 1.54) is 12.3 Å². The number of hydrogen-bond donors (Lipinski definition) is 4. The Balaban J connectivity index is 2.63. The van der Waals surface area contributed by atoms with Gasteiger partial charge in [-0.25, -0.2) is 4.79 Å². The molecule has 0 aromatic carbocycles. The number of halogens is 1. The van der Waals surface area contributed by atoms with E-state index in [-0.39, 0.29) is 18.5 Å². The van der Waals surface area contributed by atoms with Crippen LogP contribution in [0.15, 0.2) is 16.7 Å². The number of carboxylic acids is 2. The predicted molar refractivity (Wildman–Crippen MR) is 64.3 cm³/mol. The zero-order chi connectivity index (χ0) is 13.7. The molecule has 1 heterocycles. The van der Waals surface area contributed by atoms with E-state index in [4.69, 9.17) is 10.2 Å². The number of aromatic nitrogens is 1. The maximum Gasteiger partial charge on any atom is 0.326 e. The highest BCUT2D eigenvalue weighted by Gasteiger charge is 2.22. The summed E-state index contributed by atoms with van der Waals surface area (Å²) in [4.78, 5) is 35.5. The fraction of sp³-hybridized carbons (Fsp3) is 0.300. The quantitative estimate of drug-likeness (QED) is 0.619. The van der Waals surface area contributed by atoms with Crippen molar-refractivity contribution in [1.29, 1.82) is 0 Å². The average molecular weight is 319 g/mol. The Bertz CT molecular complexity index is 471. The minimum absolute atomic E-state index is 0.168. The van der Waals surface area contributed by atoms with Crippen LogP contribution in [-0.4, -0.2) is 39.1 Å². The van der Waals surface area contributed by atoms with Gasteiger partial charge >= 0.3 is 11.9 Å². The number of aliphatic carboxylic acids is 2. The lowest BCUT2D eigenvalue weighted by Gasteiger charge is -2.12. The smallest absolute Gasteiger partial charge is 0.326 e. The summed E-state index contributed by atoms with van der Waals surface area (Å²) in [5, 5.41) is 19.6. The molecule has 4 N–H and O–H groups in total. The molecule has 0 saturated heterocycles. The van der Waals surface area contributed by atoms with Gasteiger partial charge in [-0.3, -0.25) is 9.59 Å². The second kappa shape index (κ2) is 6.20. The van der Waals surface area contributed by atoms with E-state index in [1.807, 2.05) is 0 Å². The molecule has 0 aliphatic rings. The number of rotatable bonds is 6. The summed E-state index contributed by atoms with van der Waals surface area (Å²) < 4.78 is 0.657. The van der Waals surface area contributed by atoms with Crippen LogP contribution < -0.4 is 5.32 Å². The molecule has 1 amide bonds. The van der Waals surface area contributed by atoms with Gasteiger partial charge in [0, 0.05) is 17.1 Å². The number of hydrogen-bond acceptors (Lipinski definition) is 3. The van der Waals surface area contributed by atoms with Gasteiger partial charge < -0.3 is 20.5 Å². The van der Waals surface area contributed by atoms with E-state index >= 15 is 0 Å². The minimum Gasteiger partial charge on any atom is -0.481 e. The molecule has 0 aliphatic carbocycles. The van der Waals surface area contributed by atoms with E-state index in [0.29, 0.717) is 4.47 Å². The first kappa shape index (κ1) is 14.2. The Labute approximate surface area is 110 Å². The fourth-order valence-electron chi connectivity index (χ4n) is 1.26. The predicted octanol–water partition coefficient (Wildman–Crippen LogP) is 0.825. The summed E-state index contributed by atoms with van der Waals surface area (Å²) in [5.74, 6) is -2.98. The van der Waals surface area contributed by atoms with Crippen molar-refractivity contribution < 1.29 is 24.6 Å². The highest BCUT2D eigenvalue weighted by atomic mass is 79.9. The Morgan fingerprint density at radius 3 is 2.50 bits per heavy atom. The molecular formula is C10H11BrN2O5. The topological polar surface area (TPSA) is 119 Å². The third-order valence-electron chi connectivity index (χ3n) is 2.14. The van der Waals surface area contributed by atoms with Crippen molar-refractivity contribution in [3.05, 3.63) is 22.4 Å². The first-order chi connectivity index (χ1) is 8.40. The van der Waals surface area contributed by atoms with Crippen LogP contribution in [0.2, 0.25) is 0 Å². The van der Waals surface area contributed by atoms with Gasteiger partial charge in [-0.2, -0.15) is 0 Å². The lowest BCUT2D eigenvalue weighted by Crippen LogP contribution is -2.41. The molecule has 0 radical (unpaired) electrons. The number of H-pyrrole nitrogens is 1. The van der Waals surface area contributed by atoms with Gasteiger partial charge in [0.1, 0.15) is 11.7 Å². The lowest BCUT2D eigenvalue weighted by molar-refractivity contribution is -0.140. The number of carbonyl (C=O) groups is 3. The van der Waals surface area contributed by atoms with Crippen LogP contribution in [0.1, 0.15) is 23.3 Å². The summed E-state index contributed by atoms with van der Waals surface area (Å²) >= 11 is 3.14. The van der Waals surface area contributed by atoms with Gasteiger partial charge in [-0.1, -0.05) is 0 Å². The van der Waals surface area contributed by atoms with E-state index < -0.39 is 23.9 Å². The van der Waals surface area contributed by atoms with Crippen LogP contribution in [0, 0.1) is 0 Å². The summed E-state index contributed by atoms with van der Waals surface area (Å²) in [6.07, 6.45) is 1.03. The number of amides is 1. The average Bonchev–Trinajstić information content (AvgIpc) is 2.70. The molecule has 0 bridgehead atoms. The van der Waals surface area contributed by atoms with Crippen molar-refractivity contribution in [2.75, 3.05) is 0 Å². The fourth-order valence-corrected chi connectivity index (χ4v) is 1.60. The molecule has 0 aliphatic heterocycles. The summed E-state index contributed by atoms with van der Waals surface area (Å²) in [7, 11) is 0. The van der Waals surface area contributed by atoms with E-state index in [1.54, 1.807) is 0 Å². The molecule has 1 unspecified atom stereocenters. The number of aromatic amines is 1. The van der Waals surface area contributed by atoms with Gasteiger partial charge in [0.15, 0.2) is 0 Å². The standard InChI is InChI=1S/C10H11BrN2O5/c11-5-3-7(12-4-5)9(16)13-6(10(17)18)1-2-8(14)15/h3-4,6,12H,1-2H2,(H,13,16)(H,14,15)(H,17,18). The van der Waals surface area contributed by atoms with Gasteiger partial charge in [0.05, 0.1) is 0 Å². The maximum atomic E-state index is 11.6. The first-order valence-corrected chi connectivity index (χ1v) is 5.79. The van der Waals surface area contributed by atoms with Crippen LogP contribution in [0.4, 0.5) is 0 Å². The van der Waals surface area contributed by atoms with Crippen LogP contribution in [0.25, 0.3) is 0 Å². The lowest BCUT2D eigenvalue weighted by atomic mass is 10.1. The molecule has 18 heavy (non-hydrogen) atoms. The van der Waals surface area contributed by atoms with Crippen LogP contribution >= 0.6 is 15.9 Å². The van der Waals surface area contributed by atoms with Crippen molar-refractivity contribution >= 4 is 33.8 Å². The largest absolute Gasteiger partial charge is 0.481 e. The van der Waals surface area contributed by atoms with Crippen molar-refractivity contribution in [3.63, 3.8) is 0 Å². The molecule has 1 rings (SSSR count). The number of nitrogens with one attached hydrogen (secondary N) is 2. The molecule has 1 aromatic rings. The van der Waals surface area contributed by atoms with Crippen molar-refractivity contribution in [2.45, 2.75) is 18.9 Å². The Kier molecular flexibility index (Phi) is 4.90. The van der Waals surface area contributed by atoms with Crippen LogP contribution in [0.3, 0.4) is 0 Å². The summed E-state index contributed by atoms with van der Waals surface area (Å²) in [6.45, 7) is 0. The van der Waals surface area contributed by atoms with Gasteiger partial charge in [0.25, 0.3) is 5.91 Å². The second-order valence-corrected chi connectivity index (χ2v) is 4.44. The van der Waals surface area contributed by atoms with Crippen LogP contribution in [0.5, 0.6) is 0 Å². The van der Waals surface area contributed by atoms with Gasteiger partial charge in [-0.15, -0.1) is 0 Å². The normalized spacial score (nSPS) is 11.8. The minimum atomic E-state index is -1.27.